The van der Waals surface area contributed by atoms with E-state index in [4.69, 9.17) is 4.52 Å². The third kappa shape index (κ3) is 2.94. The number of fused-ring (bicyclic) bond motifs is 1. The highest BCUT2D eigenvalue weighted by atomic mass is 16.5. The summed E-state index contributed by atoms with van der Waals surface area (Å²) < 4.78 is 5.21. The minimum Gasteiger partial charge on any atom is -0.356 e. The van der Waals surface area contributed by atoms with Gasteiger partial charge in [0.15, 0.2) is 5.58 Å². The number of hydrogen-bond donors (Lipinski definition) is 1. The van der Waals surface area contributed by atoms with Gasteiger partial charge in [0.2, 0.25) is 5.91 Å². The third-order valence-corrected chi connectivity index (χ3v) is 3.46. The van der Waals surface area contributed by atoms with E-state index in [2.05, 4.69) is 10.5 Å². The molecule has 2 aromatic carbocycles. The molecule has 3 aromatic rings. The molecule has 0 aliphatic carbocycles. The lowest BCUT2D eigenvalue weighted by Crippen LogP contribution is -2.28. The van der Waals surface area contributed by atoms with Crippen molar-refractivity contribution in [1.29, 1.82) is 0 Å². The number of para-hydroxylation sites is 1. The highest BCUT2D eigenvalue weighted by Gasteiger charge is 2.14. The zero-order valence-electron chi connectivity index (χ0n) is 11.7. The zero-order valence-corrected chi connectivity index (χ0v) is 11.7. The van der Waals surface area contributed by atoms with E-state index in [0.29, 0.717) is 11.3 Å². The predicted octanol–water partition coefficient (Wildman–Crippen LogP) is 3.25. The number of rotatable bonds is 4. The summed E-state index contributed by atoms with van der Waals surface area (Å²) in [5.41, 5.74) is 2.45. The van der Waals surface area contributed by atoms with Gasteiger partial charge in [-0.2, -0.15) is 0 Å². The minimum atomic E-state index is -0.0644. The molecule has 0 aliphatic rings. The van der Waals surface area contributed by atoms with Crippen molar-refractivity contribution in [1.82, 2.24) is 10.5 Å². The molecule has 0 bridgehead atoms. The zero-order chi connectivity index (χ0) is 14.7. The van der Waals surface area contributed by atoms with E-state index in [-0.39, 0.29) is 18.4 Å². The molecule has 0 radical (unpaired) electrons. The number of aromatic nitrogens is 1. The summed E-state index contributed by atoms with van der Waals surface area (Å²) in [5, 5.41) is 7.85. The monoisotopic (exact) mass is 280 g/mol. The normalized spacial score (nSPS) is 12.2. The van der Waals surface area contributed by atoms with Gasteiger partial charge in [0.1, 0.15) is 5.69 Å². The maximum Gasteiger partial charge on any atom is 0.226 e. The first-order chi connectivity index (χ1) is 10.2. The minimum absolute atomic E-state index is 0.0307. The molecule has 0 aliphatic heterocycles. The van der Waals surface area contributed by atoms with Gasteiger partial charge in [-0.3, -0.25) is 4.79 Å². The molecule has 1 atom stereocenters. The van der Waals surface area contributed by atoms with Gasteiger partial charge in [-0.25, -0.2) is 0 Å². The van der Waals surface area contributed by atoms with Crippen LogP contribution in [0.15, 0.2) is 59.1 Å². The van der Waals surface area contributed by atoms with Crippen LogP contribution in [0.4, 0.5) is 0 Å². The van der Waals surface area contributed by atoms with Crippen LogP contribution in [-0.2, 0) is 11.2 Å². The van der Waals surface area contributed by atoms with Crippen LogP contribution < -0.4 is 5.32 Å². The van der Waals surface area contributed by atoms with Crippen LogP contribution in [0.1, 0.15) is 24.2 Å². The molecule has 4 heteroatoms. The van der Waals surface area contributed by atoms with E-state index in [0.717, 1.165) is 10.9 Å². The van der Waals surface area contributed by atoms with Crippen LogP contribution in [0, 0.1) is 0 Å². The Morgan fingerprint density at radius 3 is 2.67 bits per heavy atom. The first kappa shape index (κ1) is 13.4. The lowest BCUT2D eigenvalue weighted by Gasteiger charge is -2.13. The number of nitrogens with one attached hydrogen (secondary N) is 1. The van der Waals surface area contributed by atoms with Crippen molar-refractivity contribution in [3.63, 3.8) is 0 Å². The predicted molar refractivity (Wildman–Crippen MR) is 80.7 cm³/mol. The van der Waals surface area contributed by atoms with Gasteiger partial charge in [-0.15, -0.1) is 0 Å². The molecule has 0 spiro atoms. The van der Waals surface area contributed by atoms with Gasteiger partial charge in [0.25, 0.3) is 0 Å². The van der Waals surface area contributed by atoms with Crippen LogP contribution in [0.3, 0.4) is 0 Å². The Morgan fingerprint density at radius 1 is 1.14 bits per heavy atom. The average molecular weight is 280 g/mol. The fourth-order valence-electron chi connectivity index (χ4n) is 2.34. The molecule has 4 nitrogen and oxygen atoms in total. The summed E-state index contributed by atoms with van der Waals surface area (Å²) in [6, 6.07) is 17.4. The van der Waals surface area contributed by atoms with Crippen LogP contribution in [-0.4, -0.2) is 11.1 Å². The van der Waals surface area contributed by atoms with Crippen LogP contribution in [0.5, 0.6) is 0 Å². The lowest BCUT2D eigenvalue weighted by atomic mass is 10.1. The van der Waals surface area contributed by atoms with Crippen molar-refractivity contribution < 1.29 is 9.32 Å². The molecular formula is C17H16N2O2. The molecule has 0 unspecified atom stereocenters. The van der Waals surface area contributed by atoms with Gasteiger partial charge in [0.05, 0.1) is 12.5 Å². The largest absolute Gasteiger partial charge is 0.356 e. The number of carbonyl (C=O) groups excluding carboxylic acids is 1. The third-order valence-electron chi connectivity index (χ3n) is 3.46. The molecule has 21 heavy (non-hydrogen) atoms. The Kier molecular flexibility index (Phi) is 3.69. The molecule has 0 saturated heterocycles. The molecule has 1 heterocycles. The highest BCUT2D eigenvalue weighted by Crippen LogP contribution is 2.18. The second-order valence-electron chi connectivity index (χ2n) is 5.00. The second-order valence-corrected chi connectivity index (χ2v) is 5.00. The quantitative estimate of drug-likeness (QED) is 0.798. The molecule has 0 saturated carbocycles. The number of nitrogens with zero attached hydrogens (tertiary/aromatic N) is 1. The Hall–Kier alpha value is -2.62. The Morgan fingerprint density at radius 2 is 1.86 bits per heavy atom. The van der Waals surface area contributed by atoms with Crippen molar-refractivity contribution >= 4 is 16.9 Å². The van der Waals surface area contributed by atoms with Crippen LogP contribution in [0.2, 0.25) is 0 Å². The van der Waals surface area contributed by atoms with E-state index in [9.17, 15) is 4.79 Å². The summed E-state index contributed by atoms with van der Waals surface area (Å²) in [4.78, 5) is 12.1. The number of amides is 1. The summed E-state index contributed by atoms with van der Waals surface area (Å²) in [6.07, 6.45) is 0.216. The molecule has 1 N–H and O–H groups in total. The Balaban J connectivity index is 1.69. The smallest absolute Gasteiger partial charge is 0.226 e. The SMILES string of the molecule is C[C@H](NC(=O)Cc1noc2ccccc12)c1ccccc1. The summed E-state index contributed by atoms with van der Waals surface area (Å²) in [6.45, 7) is 1.97. The fourth-order valence-corrected chi connectivity index (χ4v) is 2.34. The maximum atomic E-state index is 12.1. The van der Waals surface area contributed by atoms with Gasteiger partial charge in [0, 0.05) is 5.39 Å². The van der Waals surface area contributed by atoms with Crippen molar-refractivity contribution in [3.05, 3.63) is 65.9 Å². The van der Waals surface area contributed by atoms with Crippen LogP contribution in [0.25, 0.3) is 11.0 Å². The molecule has 0 fully saturated rings. The molecule has 1 aromatic heterocycles. The maximum absolute atomic E-state index is 12.1. The Bertz CT molecular complexity index is 750. The second kappa shape index (κ2) is 5.79. The van der Waals surface area contributed by atoms with Crippen LogP contribution >= 0.6 is 0 Å². The highest BCUT2D eigenvalue weighted by molar-refractivity contribution is 5.86. The van der Waals surface area contributed by atoms with E-state index >= 15 is 0 Å². The van der Waals surface area contributed by atoms with Crippen molar-refractivity contribution in [3.8, 4) is 0 Å². The van der Waals surface area contributed by atoms with E-state index in [1.165, 1.54) is 0 Å². The first-order valence-electron chi connectivity index (χ1n) is 6.91. The van der Waals surface area contributed by atoms with Crippen molar-refractivity contribution in [2.45, 2.75) is 19.4 Å². The average Bonchev–Trinajstić information content (AvgIpc) is 2.91. The standard InChI is InChI=1S/C17H16N2O2/c1-12(13-7-3-2-4-8-13)18-17(20)11-15-14-9-5-6-10-16(14)21-19-15/h2-10,12H,11H2,1H3,(H,18,20)/t12-/m0/s1. The van der Waals surface area contributed by atoms with E-state index in [1.807, 2.05) is 61.5 Å². The summed E-state index contributed by atoms with van der Waals surface area (Å²) in [5.74, 6) is -0.0644. The molecule has 3 rings (SSSR count). The summed E-state index contributed by atoms with van der Waals surface area (Å²) >= 11 is 0. The first-order valence-corrected chi connectivity index (χ1v) is 6.91. The van der Waals surface area contributed by atoms with Gasteiger partial charge >= 0.3 is 0 Å². The molecule has 106 valence electrons. The lowest BCUT2D eigenvalue weighted by molar-refractivity contribution is -0.121. The summed E-state index contributed by atoms with van der Waals surface area (Å²) in [7, 11) is 0. The topological polar surface area (TPSA) is 55.1 Å². The van der Waals surface area contributed by atoms with E-state index in [1.54, 1.807) is 0 Å². The molecule has 1 amide bonds. The Labute approximate surface area is 122 Å². The van der Waals surface area contributed by atoms with E-state index < -0.39 is 0 Å². The van der Waals surface area contributed by atoms with Crippen molar-refractivity contribution in [2.24, 2.45) is 0 Å². The van der Waals surface area contributed by atoms with Gasteiger partial charge < -0.3 is 9.84 Å². The van der Waals surface area contributed by atoms with Gasteiger partial charge in [-0.1, -0.05) is 47.6 Å². The number of hydrogen-bond acceptors (Lipinski definition) is 3. The van der Waals surface area contributed by atoms with Crippen molar-refractivity contribution in [2.75, 3.05) is 0 Å². The fraction of sp³-hybridized carbons (Fsp3) is 0.176. The number of carbonyl (C=O) groups is 1. The van der Waals surface area contributed by atoms with Gasteiger partial charge in [-0.05, 0) is 24.6 Å². The molecular weight excluding hydrogens is 264 g/mol. The number of benzene rings is 2.